The highest BCUT2D eigenvalue weighted by Gasteiger charge is 2.12. The molecule has 0 atom stereocenters. The SMILES string of the molecule is COc1ccnc(-c2nnc3ccc(NCc4cnccn4)nn23)c1. The Balaban J connectivity index is 1.65. The van der Waals surface area contributed by atoms with Gasteiger partial charge in [-0.1, -0.05) is 0 Å². The molecule has 0 spiro atoms. The van der Waals surface area contributed by atoms with Gasteiger partial charge >= 0.3 is 0 Å². The van der Waals surface area contributed by atoms with Crippen molar-refractivity contribution in [3.63, 3.8) is 0 Å². The van der Waals surface area contributed by atoms with Crippen LogP contribution in [0.2, 0.25) is 0 Å². The molecular weight excluding hydrogens is 320 g/mol. The van der Waals surface area contributed by atoms with Crippen LogP contribution in [0.1, 0.15) is 5.69 Å². The molecule has 0 unspecified atom stereocenters. The van der Waals surface area contributed by atoms with E-state index in [4.69, 9.17) is 4.74 Å². The Morgan fingerprint density at radius 2 is 2.04 bits per heavy atom. The number of hydrogen-bond donors (Lipinski definition) is 1. The molecular formula is C16H14N8O. The molecule has 0 saturated heterocycles. The zero-order valence-electron chi connectivity index (χ0n) is 13.4. The molecule has 25 heavy (non-hydrogen) atoms. The Bertz CT molecular complexity index is 1000. The lowest BCUT2D eigenvalue weighted by atomic mass is 10.3. The van der Waals surface area contributed by atoms with Gasteiger partial charge in [0.2, 0.25) is 5.82 Å². The van der Waals surface area contributed by atoms with Gasteiger partial charge in [-0.15, -0.1) is 15.3 Å². The van der Waals surface area contributed by atoms with Crippen LogP contribution in [0.3, 0.4) is 0 Å². The van der Waals surface area contributed by atoms with Crippen LogP contribution in [-0.2, 0) is 6.54 Å². The summed E-state index contributed by atoms with van der Waals surface area (Å²) in [6.07, 6.45) is 6.65. The Kier molecular flexibility index (Phi) is 3.87. The number of nitrogens with zero attached hydrogens (tertiary/aromatic N) is 7. The normalized spacial score (nSPS) is 10.8. The Morgan fingerprint density at radius 3 is 2.88 bits per heavy atom. The van der Waals surface area contributed by atoms with E-state index >= 15 is 0 Å². The quantitative estimate of drug-likeness (QED) is 0.587. The third kappa shape index (κ3) is 3.07. The van der Waals surface area contributed by atoms with Gasteiger partial charge in [0.1, 0.15) is 17.3 Å². The zero-order valence-corrected chi connectivity index (χ0v) is 13.4. The Morgan fingerprint density at radius 1 is 1.08 bits per heavy atom. The molecule has 0 aliphatic carbocycles. The molecule has 1 N–H and O–H groups in total. The molecule has 0 radical (unpaired) electrons. The van der Waals surface area contributed by atoms with Crippen LogP contribution in [0.15, 0.2) is 49.1 Å². The fourth-order valence-corrected chi connectivity index (χ4v) is 2.31. The van der Waals surface area contributed by atoms with E-state index < -0.39 is 0 Å². The Labute approximate surface area is 142 Å². The first kappa shape index (κ1) is 14.9. The van der Waals surface area contributed by atoms with E-state index in [1.165, 1.54) is 0 Å². The van der Waals surface area contributed by atoms with Gasteiger partial charge in [-0.2, -0.15) is 4.52 Å². The molecule has 0 fully saturated rings. The van der Waals surface area contributed by atoms with Crippen molar-refractivity contribution in [3.8, 4) is 17.3 Å². The minimum atomic E-state index is 0.515. The number of pyridine rings is 1. The summed E-state index contributed by atoms with van der Waals surface area (Å²) in [6, 6.07) is 7.23. The summed E-state index contributed by atoms with van der Waals surface area (Å²) in [7, 11) is 1.60. The van der Waals surface area contributed by atoms with Gasteiger partial charge in [-0.25, -0.2) is 0 Å². The number of nitrogens with one attached hydrogen (secondary N) is 1. The second kappa shape index (κ2) is 6.48. The van der Waals surface area contributed by atoms with Crippen molar-refractivity contribution >= 4 is 11.5 Å². The van der Waals surface area contributed by atoms with Crippen molar-refractivity contribution in [2.45, 2.75) is 6.54 Å². The maximum absolute atomic E-state index is 5.23. The van der Waals surface area contributed by atoms with Crippen molar-refractivity contribution in [1.29, 1.82) is 0 Å². The minimum absolute atomic E-state index is 0.515. The molecule has 0 aromatic carbocycles. The average molecular weight is 334 g/mol. The van der Waals surface area contributed by atoms with E-state index in [2.05, 4.69) is 35.6 Å². The number of hydrogen-bond acceptors (Lipinski definition) is 8. The van der Waals surface area contributed by atoms with Crippen molar-refractivity contribution in [2.24, 2.45) is 0 Å². The van der Waals surface area contributed by atoms with Crippen molar-refractivity contribution in [1.82, 2.24) is 34.8 Å². The third-order valence-electron chi connectivity index (χ3n) is 3.53. The van der Waals surface area contributed by atoms with Gasteiger partial charge in [-0.05, 0) is 18.2 Å². The van der Waals surface area contributed by atoms with Gasteiger partial charge in [0.05, 0.1) is 25.5 Å². The van der Waals surface area contributed by atoms with E-state index in [0.717, 1.165) is 5.69 Å². The second-order valence-corrected chi connectivity index (χ2v) is 5.14. The second-order valence-electron chi connectivity index (χ2n) is 5.14. The molecule has 124 valence electrons. The predicted molar refractivity (Wildman–Crippen MR) is 89.9 cm³/mol. The fourth-order valence-electron chi connectivity index (χ4n) is 2.31. The van der Waals surface area contributed by atoms with E-state index in [1.807, 2.05) is 12.1 Å². The minimum Gasteiger partial charge on any atom is -0.497 e. The van der Waals surface area contributed by atoms with Gasteiger partial charge < -0.3 is 10.1 Å². The highest BCUT2D eigenvalue weighted by molar-refractivity contribution is 5.57. The first-order chi connectivity index (χ1) is 12.3. The van der Waals surface area contributed by atoms with E-state index in [-0.39, 0.29) is 0 Å². The first-order valence-corrected chi connectivity index (χ1v) is 7.55. The van der Waals surface area contributed by atoms with Crippen LogP contribution in [-0.4, -0.2) is 41.9 Å². The smallest absolute Gasteiger partial charge is 0.203 e. The molecule has 4 heterocycles. The number of methoxy groups -OCH3 is 1. The van der Waals surface area contributed by atoms with Crippen molar-refractivity contribution in [3.05, 3.63) is 54.7 Å². The van der Waals surface area contributed by atoms with Crippen LogP contribution in [0.4, 0.5) is 5.82 Å². The molecule has 4 rings (SSSR count). The summed E-state index contributed by atoms with van der Waals surface area (Å²) in [6.45, 7) is 0.515. The Hall–Kier alpha value is -3.62. The predicted octanol–water partition coefficient (Wildman–Crippen LogP) is 1.60. The lowest BCUT2D eigenvalue weighted by molar-refractivity contribution is 0.414. The maximum Gasteiger partial charge on any atom is 0.203 e. The molecule has 4 aromatic rings. The largest absolute Gasteiger partial charge is 0.497 e. The fraction of sp³-hybridized carbons (Fsp3) is 0.125. The monoisotopic (exact) mass is 334 g/mol. The van der Waals surface area contributed by atoms with Crippen LogP contribution in [0, 0.1) is 0 Å². The number of anilines is 1. The molecule has 0 aliphatic heterocycles. The third-order valence-corrected chi connectivity index (χ3v) is 3.53. The molecule has 0 amide bonds. The molecule has 9 heteroatoms. The van der Waals surface area contributed by atoms with Gasteiger partial charge in [0.25, 0.3) is 0 Å². The van der Waals surface area contributed by atoms with Crippen LogP contribution < -0.4 is 10.1 Å². The molecule has 0 saturated carbocycles. The molecule has 9 nitrogen and oxygen atoms in total. The summed E-state index contributed by atoms with van der Waals surface area (Å²) < 4.78 is 6.87. The van der Waals surface area contributed by atoms with Gasteiger partial charge in [0, 0.05) is 24.7 Å². The highest BCUT2D eigenvalue weighted by Crippen LogP contribution is 2.20. The highest BCUT2D eigenvalue weighted by atomic mass is 16.5. The molecule has 0 bridgehead atoms. The number of fused-ring (bicyclic) bond motifs is 1. The van der Waals surface area contributed by atoms with Gasteiger partial charge in [-0.3, -0.25) is 15.0 Å². The molecule has 0 aliphatic rings. The standard InChI is InChI=1S/C16H14N8O/c1-25-12-4-5-19-13(8-12)16-22-21-15-3-2-14(23-24(15)16)20-10-11-9-17-6-7-18-11/h2-9H,10H2,1H3,(H,20,23). The summed E-state index contributed by atoms with van der Waals surface area (Å²) in [5.74, 6) is 1.90. The summed E-state index contributed by atoms with van der Waals surface area (Å²) in [4.78, 5) is 12.6. The number of aromatic nitrogens is 7. The van der Waals surface area contributed by atoms with Crippen LogP contribution >= 0.6 is 0 Å². The van der Waals surface area contributed by atoms with E-state index in [9.17, 15) is 0 Å². The van der Waals surface area contributed by atoms with Gasteiger partial charge in [0.15, 0.2) is 5.65 Å². The lowest BCUT2D eigenvalue weighted by Gasteiger charge is -2.06. The maximum atomic E-state index is 5.23. The van der Waals surface area contributed by atoms with E-state index in [1.54, 1.807) is 48.5 Å². The van der Waals surface area contributed by atoms with Crippen LogP contribution in [0.5, 0.6) is 5.75 Å². The number of ether oxygens (including phenoxy) is 1. The first-order valence-electron chi connectivity index (χ1n) is 7.55. The summed E-state index contributed by atoms with van der Waals surface area (Å²) in [5, 5.41) is 16.1. The van der Waals surface area contributed by atoms with Crippen molar-refractivity contribution in [2.75, 3.05) is 12.4 Å². The van der Waals surface area contributed by atoms with Crippen LogP contribution in [0.25, 0.3) is 17.2 Å². The summed E-state index contributed by atoms with van der Waals surface area (Å²) in [5.41, 5.74) is 2.08. The van der Waals surface area contributed by atoms with E-state index in [0.29, 0.717) is 35.3 Å². The zero-order chi connectivity index (χ0) is 17.1. The number of rotatable bonds is 5. The molecule has 4 aromatic heterocycles. The topological polar surface area (TPSA) is 103 Å². The summed E-state index contributed by atoms with van der Waals surface area (Å²) >= 11 is 0. The van der Waals surface area contributed by atoms with Crippen molar-refractivity contribution < 1.29 is 4.74 Å². The average Bonchev–Trinajstić information content (AvgIpc) is 3.10. The lowest BCUT2D eigenvalue weighted by Crippen LogP contribution is -2.06.